The maximum atomic E-state index is 12.8. The number of thioether (sulfide) groups is 1. The van der Waals surface area contributed by atoms with Gasteiger partial charge in [-0.25, -0.2) is 8.78 Å². The van der Waals surface area contributed by atoms with Crippen molar-refractivity contribution in [2.75, 3.05) is 24.3 Å². The third-order valence-corrected chi connectivity index (χ3v) is 4.66. The summed E-state index contributed by atoms with van der Waals surface area (Å²) < 4.78 is 36.2. The Labute approximate surface area is 166 Å². The van der Waals surface area contributed by atoms with Crippen molar-refractivity contribution < 1.29 is 27.8 Å². The molecular weight excluding hydrogens is 388 g/mol. The molecule has 0 aliphatic rings. The van der Waals surface area contributed by atoms with Crippen LogP contribution in [0, 0.1) is 11.6 Å². The second kappa shape index (κ2) is 11.3. The van der Waals surface area contributed by atoms with Crippen molar-refractivity contribution in [3.63, 3.8) is 0 Å². The molecule has 1 atom stereocenters. The van der Waals surface area contributed by atoms with E-state index in [0.717, 1.165) is 11.8 Å². The molecular formula is C20H21F2NO4S. The van der Waals surface area contributed by atoms with E-state index in [1.165, 1.54) is 48.5 Å². The molecule has 2 aromatic rings. The zero-order chi connectivity index (χ0) is 20.4. The molecule has 0 heterocycles. The average Bonchev–Trinajstić information content (AvgIpc) is 2.69. The molecule has 0 spiro atoms. The Balaban J connectivity index is 1.58. The van der Waals surface area contributed by atoms with Gasteiger partial charge in [-0.1, -0.05) is 0 Å². The quantitative estimate of drug-likeness (QED) is 0.474. The minimum Gasteiger partial charge on any atom is -0.493 e. The molecule has 1 amide bonds. The number of anilines is 1. The Kier molecular flexibility index (Phi) is 8.74. The summed E-state index contributed by atoms with van der Waals surface area (Å²) in [5, 5.41) is 2.12. The topological polar surface area (TPSA) is 64.6 Å². The van der Waals surface area contributed by atoms with Crippen molar-refractivity contribution in [2.45, 2.75) is 18.6 Å². The van der Waals surface area contributed by atoms with Gasteiger partial charge in [-0.3, -0.25) is 9.59 Å². The highest BCUT2D eigenvalue weighted by molar-refractivity contribution is 8.01. The summed E-state index contributed by atoms with van der Waals surface area (Å²) in [5.41, 5.74) is 0.489. The molecule has 0 aliphatic heterocycles. The first-order chi connectivity index (χ1) is 13.4. The lowest BCUT2D eigenvalue weighted by Crippen LogP contribution is -2.22. The van der Waals surface area contributed by atoms with Crippen LogP contribution in [0.4, 0.5) is 14.5 Å². The lowest BCUT2D eigenvalue weighted by Gasteiger charge is -2.12. The maximum absolute atomic E-state index is 12.8. The molecule has 0 saturated carbocycles. The monoisotopic (exact) mass is 409 g/mol. The first-order valence-electron chi connectivity index (χ1n) is 8.66. The second-order valence-electron chi connectivity index (χ2n) is 5.83. The Morgan fingerprint density at radius 3 is 2.25 bits per heavy atom. The molecule has 0 bridgehead atoms. The van der Waals surface area contributed by atoms with E-state index in [1.54, 1.807) is 6.92 Å². The standard InChI is InChI=1S/C20H21F2NO4S/c1-14(28-13-19(24)23-17-7-3-15(21)4-8-17)20(25)27-12-2-11-26-18-9-5-16(22)6-10-18/h3-10,14H,2,11-13H2,1H3,(H,23,24). The Bertz CT molecular complexity index is 769. The van der Waals surface area contributed by atoms with Crippen molar-refractivity contribution in [2.24, 2.45) is 0 Å². The van der Waals surface area contributed by atoms with Crippen LogP contribution >= 0.6 is 11.8 Å². The van der Waals surface area contributed by atoms with Crippen LogP contribution in [0.3, 0.4) is 0 Å². The largest absolute Gasteiger partial charge is 0.493 e. The van der Waals surface area contributed by atoms with Crippen LogP contribution in [0.15, 0.2) is 48.5 Å². The summed E-state index contributed by atoms with van der Waals surface area (Å²) in [7, 11) is 0. The van der Waals surface area contributed by atoms with Crippen LogP contribution in [-0.2, 0) is 14.3 Å². The number of ether oxygens (including phenoxy) is 2. The summed E-state index contributed by atoms with van der Waals surface area (Å²) in [5.74, 6) is -0.804. The van der Waals surface area contributed by atoms with Crippen molar-refractivity contribution in [1.82, 2.24) is 0 Å². The average molecular weight is 409 g/mol. The zero-order valence-electron chi connectivity index (χ0n) is 15.3. The summed E-state index contributed by atoms with van der Waals surface area (Å²) in [6.45, 7) is 2.18. The highest BCUT2D eigenvalue weighted by Crippen LogP contribution is 2.15. The lowest BCUT2D eigenvalue weighted by molar-refractivity contribution is -0.142. The number of benzene rings is 2. The van der Waals surface area contributed by atoms with Gasteiger partial charge in [-0.05, 0) is 55.5 Å². The molecule has 0 saturated heterocycles. The molecule has 1 N–H and O–H groups in total. The van der Waals surface area contributed by atoms with E-state index in [2.05, 4.69) is 5.32 Å². The van der Waals surface area contributed by atoms with Crippen molar-refractivity contribution in [1.29, 1.82) is 0 Å². The molecule has 28 heavy (non-hydrogen) atoms. The number of halogens is 2. The lowest BCUT2D eigenvalue weighted by atomic mass is 10.3. The molecule has 5 nitrogen and oxygen atoms in total. The number of carbonyl (C=O) groups excluding carboxylic acids is 2. The van der Waals surface area contributed by atoms with Gasteiger partial charge in [0.15, 0.2) is 0 Å². The number of rotatable bonds is 10. The molecule has 0 fully saturated rings. The van der Waals surface area contributed by atoms with Gasteiger partial charge >= 0.3 is 5.97 Å². The normalized spacial score (nSPS) is 11.5. The van der Waals surface area contributed by atoms with E-state index in [4.69, 9.17) is 9.47 Å². The van der Waals surface area contributed by atoms with Crippen LogP contribution < -0.4 is 10.1 Å². The van der Waals surface area contributed by atoms with Crippen LogP contribution in [0.5, 0.6) is 5.75 Å². The molecule has 0 radical (unpaired) electrons. The number of hydrogen-bond donors (Lipinski definition) is 1. The maximum Gasteiger partial charge on any atom is 0.318 e. The van der Waals surface area contributed by atoms with Gasteiger partial charge < -0.3 is 14.8 Å². The first-order valence-corrected chi connectivity index (χ1v) is 9.71. The SMILES string of the molecule is CC(SCC(=O)Nc1ccc(F)cc1)C(=O)OCCCOc1ccc(F)cc1. The van der Waals surface area contributed by atoms with Gasteiger partial charge in [-0.2, -0.15) is 0 Å². The Morgan fingerprint density at radius 2 is 1.61 bits per heavy atom. The summed E-state index contributed by atoms with van der Waals surface area (Å²) in [6, 6.07) is 11.1. The third kappa shape index (κ3) is 7.96. The van der Waals surface area contributed by atoms with Crippen LogP contribution in [0.1, 0.15) is 13.3 Å². The van der Waals surface area contributed by atoms with E-state index < -0.39 is 11.2 Å². The Morgan fingerprint density at radius 1 is 1.00 bits per heavy atom. The van der Waals surface area contributed by atoms with Gasteiger partial charge in [0.25, 0.3) is 0 Å². The predicted molar refractivity (Wildman–Crippen MR) is 104 cm³/mol. The highest BCUT2D eigenvalue weighted by atomic mass is 32.2. The van der Waals surface area contributed by atoms with E-state index in [-0.39, 0.29) is 29.9 Å². The summed E-state index contributed by atoms with van der Waals surface area (Å²) in [4.78, 5) is 23.8. The molecule has 2 aromatic carbocycles. The minimum absolute atomic E-state index is 0.0708. The second-order valence-corrected chi connectivity index (χ2v) is 7.16. The molecule has 1 unspecified atom stereocenters. The Hall–Kier alpha value is -2.61. The fourth-order valence-electron chi connectivity index (χ4n) is 2.07. The number of nitrogens with one attached hydrogen (secondary N) is 1. The first kappa shape index (κ1) is 21.7. The molecule has 0 aliphatic carbocycles. The molecule has 150 valence electrons. The molecule has 2 rings (SSSR count). The minimum atomic E-state index is -0.503. The number of esters is 1. The van der Waals surface area contributed by atoms with Crippen LogP contribution in [0.2, 0.25) is 0 Å². The summed E-state index contributed by atoms with van der Waals surface area (Å²) in [6.07, 6.45) is 0.492. The van der Waals surface area contributed by atoms with E-state index >= 15 is 0 Å². The molecule has 8 heteroatoms. The van der Waals surface area contributed by atoms with Crippen LogP contribution in [-0.4, -0.2) is 36.1 Å². The van der Waals surface area contributed by atoms with Gasteiger partial charge in [0.1, 0.15) is 22.6 Å². The van der Waals surface area contributed by atoms with Gasteiger partial charge in [0.2, 0.25) is 5.91 Å². The highest BCUT2D eigenvalue weighted by Gasteiger charge is 2.16. The van der Waals surface area contributed by atoms with Crippen molar-refractivity contribution >= 4 is 29.3 Å². The molecule has 0 aromatic heterocycles. The number of amides is 1. The van der Waals surface area contributed by atoms with Gasteiger partial charge in [0, 0.05) is 12.1 Å². The van der Waals surface area contributed by atoms with Crippen LogP contribution in [0.25, 0.3) is 0 Å². The number of hydrogen-bond acceptors (Lipinski definition) is 5. The van der Waals surface area contributed by atoms with E-state index in [0.29, 0.717) is 24.5 Å². The van der Waals surface area contributed by atoms with Gasteiger partial charge in [0.05, 0.1) is 19.0 Å². The number of carbonyl (C=O) groups is 2. The smallest absolute Gasteiger partial charge is 0.318 e. The third-order valence-electron chi connectivity index (χ3n) is 3.54. The van der Waals surface area contributed by atoms with Crippen molar-refractivity contribution in [3.8, 4) is 5.75 Å². The predicted octanol–water partition coefficient (Wildman–Crippen LogP) is 4.04. The van der Waals surface area contributed by atoms with Gasteiger partial charge in [-0.15, -0.1) is 11.8 Å². The zero-order valence-corrected chi connectivity index (χ0v) is 16.1. The van der Waals surface area contributed by atoms with E-state index in [1.807, 2.05) is 0 Å². The summed E-state index contributed by atoms with van der Waals surface area (Å²) >= 11 is 1.15. The van der Waals surface area contributed by atoms with Crippen molar-refractivity contribution in [3.05, 3.63) is 60.2 Å². The van der Waals surface area contributed by atoms with E-state index in [9.17, 15) is 18.4 Å². The fraction of sp³-hybridized carbons (Fsp3) is 0.300. The fourth-order valence-corrected chi connectivity index (χ4v) is 2.75.